The lowest BCUT2D eigenvalue weighted by Gasteiger charge is -2.48. The van der Waals surface area contributed by atoms with Gasteiger partial charge in [-0.15, -0.1) is 0 Å². The van der Waals surface area contributed by atoms with Crippen LogP contribution in [-0.4, -0.2) is 35.2 Å². The van der Waals surface area contributed by atoms with Crippen LogP contribution in [0.3, 0.4) is 0 Å². The van der Waals surface area contributed by atoms with E-state index < -0.39 is 0 Å². The largest absolute Gasteiger partial charge is 0.375 e. The number of pyridine rings is 1. The molecular weight excluding hydrogens is 260 g/mol. The van der Waals surface area contributed by atoms with E-state index in [-0.39, 0.29) is 5.60 Å². The molecule has 3 nitrogen and oxygen atoms in total. The zero-order valence-electron chi connectivity index (χ0n) is 13.7. The first kappa shape index (κ1) is 15.0. The van der Waals surface area contributed by atoms with Crippen molar-refractivity contribution >= 4 is 0 Å². The molecule has 2 aliphatic heterocycles. The minimum atomic E-state index is 0.0907. The van der Waals surface area contributed by atoms with E-state index in [0.717, 1.165) is 13.2 Å². The number of hydrogen-bond acceptors (Lipinski definition) is 3. The molecule has 0 saturated carbocycles. The molecule has 0 bridgehead atoms. The number of ether oxygens (including phenoxy) is 1. The van der Waals surface area contributed by atoms with Crippen LogP contribution in [0, 0.1) is 12.3 Å². The monoisotopic (exact) mass is 288 g/mol. The molecule has 3 heterocycles. The lowest BCUT2D eigenvalue weighted by molar-refractivity contribution is -0.129. The Morgan fingerprint density at radius 3 is 2.57 bits per heavy atom. The molecule has 2 aliphatic rings. The van der Waals surface area contributed by atoms with Gasteiger partial charge in [-0.3, -0.25) is 9.88 Å². The van der Waals surface area contributed by atoms with Crippen molar-refractivity contribution in [1.29, 1.82) is 0 Å². The molecule has 3 heteroatoms. The van der Waals surface area contributed by atoms with Gasteiger partial charge in [0.25, 0.3) is 0 Å². The Hall–Kier alpha value is -0.930. The van der Waals surface area contributed by atoms with E-state index >= 15 is 0 Å². The number of aryl methyl sites for hydroxylation is 1. The van der Waals surface area contributed by atoms with Crippen molar-refractivity contribution in [3.05, 3.63) is 29.6 Å². The smallest absolute Gasteiger partial charge is 0.0627 e. The van der Waals surface area contributed by atoms with Gasteiger partial charge in [-0.05, 0) is 76.6 Å². The van der Waals surface area contributed by atoms with E-state index in [1.54, 1.807) is 0 Å². The van der Waals surface area contributed by atoms with Gasteiger partial charge in [-0.25, -0.2) is 0 Å². The van der Waals surface area contributed by atoms with Crippen molar-refractivity contribution in [2.24, 2.45) is 5.41 Å². The average Bonchev–Trinajstić information content (AvgIpc) is 2.47. The lowest BCUT2D eigenvalue weighted by Crippen LogP contribution is -2.47. The first-order chi connectivity index (χ1) is 9.98. The Bertz CT molecular complexity index is 478. The number of aromatic nitrogens is 1. The van der Waals surface area contributed by atoms with Crippen LogP contribution in [0.15, 0.2) is 18.3 Å². The van der Waals surface area contributed by atoms with Gasteiger partial charge in [-0.2, -0.15) is 0 Å². The summed E-state index contributed by atoms with van der Waals surface area (Å²) < 4.78 is 6.10. The van der Waals surface area contributed by atoms with Crippen LogP contribution in [0.25, 0.3) is 0 Å². The van der Waals surface area contributed by atoms with Crippen LogP contribution in [0.1, 0.15) is 50.8 Å². The Kier molecular flexibility index (Phi) is 4.06. The van der Waals surface area contributed by atoms with Gasteiger partial charge < -0.3 is 4.74 Å². The third kappa shape index (κ3) is 3.46. The summed E-state index contributed by atoms with van der Waals surface area (Å²) in [5.41, 5.74) is 3.08. The van der Waals surface area contributed by atoms with Gasteiger partial charge in [0.2, 0.25) is 0 Å². The van der Waals surface area contributed by atoms with Gasteiger partial charge in [0, 0.05) is 12.7 Å². The molecule has 0 aromatic carbocycles. The predicted molar refractivity (Wildman–Crippen MR) is 85.2 cm³/mol. The highest BCUT2D eigenvalue weighted by Gasteiger charge is 2.41. The van der Waals surface area contributed by atoms with Gasteiger partial charge in [0.1, 0.15) is 0 Å². The molecule has 0 aliphatic carbocycles. The van der Waals surface area contributed by atoms with Crippen LogP contribution >= 0.6 is 0 Å². The second-order valence-electron chi connectivity index (χ2n) is 7.59. The molecule has 2 saturated heterocycles. The minimum absolute atomic E-state index is 0.0907. The number of likely N-dealkylation sites (tertiary alicyclic amines) is 1. The van der Waals surface area contributed by atoms with Gasteiger partial charge in [0.15, 0.2) is 0 Å². The van der Waals surface area contributed by atoms with Gasteiger partial charge in [-0.1, -0.05) is 6.07 Å². The van der Waals surface area contributed by atoms with Crippen molar-refractivity contribution in [2.45, 2.75) is 58.6 Å². The van der Waals surface area contributed by atoms with E-state index in [4.69, 9.17) is 4.74 Å². The molecule has 1 aromatic rings. The summed E-state index contributed by atoms with van der Waals surface area (Å²) in [5, 5.41) is 0. The van der Waals surface area contributed by atoms with E-state index in [2.05, 4.69) is 36.7 Å². The second kappa shape index (κ2) is 5.69. The summed E-state index contributed by atoms with van der Waals surface area (Å²) in [6.07, 6.45) is 6.98. The molecule has 0 radical (unpaired) electrons. The fourth-order valence-electron chi connectivity index (χ4n) is 3.53. The molecule has 1 spiro atoms. The lowest BCUT2D eigenvalue weighted by atomic mass is 9.72. The third-order valence-corrected chi connectivity index (χ3v) is 5.43. The maximum Gasteiger partial charge on any atom is 0.0627 e. The summed E-state index contributed by atoms with van der Waals surface area (Å²) in [7, 11) is 0. The summed E-state index contributed by atoms with van der Waals surface area (Å²) in [6, 6.07) is 4.18. The van der Waals surface area contributed by atoms with E-state index in [1.807, 2.05) is 12.3 Å². The fraction of sp³-hybridized carbons (Fsp3) is 0.722. The van der Waals surface area contributed by atoms with Gasteiger partial charge >= 0.3 is 0 Å². The number of nitrogens with zero attached hydrogens (tertiary/aromatic N) is 2. The highest BCUT2D eigenvalue weighted by Crippen LogP contribution is 2.43. The Morgan fingerprint density at radius 2 is 1.95 bits per heavy atom. The zero-order chi connectivity index (χ0) is 14.9. The molecule has 21 heavy (non-hydrogen) atoms. The maximum atomic E-state index is 6.10. The van der Waals surface area contributed by atoms with Gasteiger partial charge in [0.05, 0.1) is 17.9 Å². The molecule has 2 fully saturated rings. The number of piperidine rings is 1. The van der Waals surface area contributed by atoms with Crippen molar-refractivity contribution < 1.29 is 4.74 Å². The normalized spacial score (nSPS) is 25.1. The molecule has 0 N–H and O–H groups in total. The summed E-state index contributed by atoms with van der Waals surface area (Å²) in [5.74, 6) is 0. The maximum absolute atomic E-state index is 6.10. The van der Waals surface area contributed by atoms with Crippen LogP contribution in [0.5, 0.6) is 0 Å². The summed E-state index contributed by atoms with van der Waals surface area (Å²) in [4.78, 5) is 7.08. The van der Waals surface area contributed by atoms with Crippen LogP contribution < -0.4 is 0 Å². The van der Waals surface area contributed by atoms with E-state index in [1.165, 1.54) is 50.0 Å². The fourth-order valence-corrected chi connectivity index (χ4v) is 3.53. The zero-order valence-corrected chi connectivity index (χ0v) is 13.7. The summed E-state index contributed by atoms with van der Waals surface area (Å²) in [6.45, 7) is 10.9. The Labute approximate surface area is 128 Å². The van der Waals surface area contributed by atoms with Crippen LogP contribution in [-0.2, 0) is 11.3 Å². The third-order valence-electron chi connectivity index (χ3n) is 5.43. The van der Waals surface area contributed by atoms with E-state index in [9.17, 15) is 0 Å². The predicted octanol–water partition coefficient (Wildman–Crippen LogP) is 3.56. The summed E-state index contributed by atoms with van der Waals surface area (Å²) >= 11 is 0. The van der Waals surface area contributed by atoms with Crippen LogP contribution in [0.4, 0.5) is 0 Å². The first-order valence-electron chi connectivity index (χ1n) is 8.25. The molecule has 0 amide bonds. The standard InChI is InChI=1S/C18H28N2O/c1-15-5-4-10-19-16(15)13-20-11-8-18(9-12-20)7-6-17(2,3)21-14-18/h4-5,10H,6-9,11-14H2,1-3H3. The SMILES string of the molecule is Cc1cccnc1CN1CCC2(CC1)CCC(C)(C)OC2. The molecule has 0 atom stereocenters. The Morgan fingerprint density at radius 1 is 1.19 bits per heavy atom. The van der Waals surface area contributed by atoms with Crippen molar-refractivity contribution in [1.82, 2.24) is 9.88 Å². The van der Waals surface area contributed by atoms with Crippen molar-refractivity contribution in [3.63, 3.8) is 0 Å². The quantitative estimate of drug-likeness (QED) is 0.832. The first-order valence-corrected chi connectivity index (χ1v) is 8.25. The highest BCUT2D eigenvalue weighted by atomic mass is 16.5. The number of rotatable bonds is 2. The molecule has 1 aromatic heterocycles. The molecule has 0 unspecified atom stereocenters. The van der Waals surface area contributed by atoms with Crippen LogP contribution in [0.2, 0.25) is 0 Å². The molecule has 116 valence electrons. The molecule has 3 rings (SSSR count). The second-order valence-corrected chi connectivity index (χ2v) is 7.59. The Balaban J connectivity index is 1.55. The minimum Gasteiger partial charge on any atom is -0.375 e. The van der Waals surface area contributed by atoms with Crippen molar-refractivity contribution in [3.8, 4) is 0 Å². The van der Waals surface area contributed by atoms with E-state index in [0.29, 0.717) is 5.41 Å². The number of hydrogen-bond donors (Lipinski definition) is 0. The topological polar surface area (TPSA) is 25.4 Å². The van der Waals surface area contributed by atoms with Crippen molar-refractivity contribution in [2.75, 3.05) is 19.7 Å². The average molecular weight is 288 g/mol. The highest BCUT2D eigenvalue weighted by molar-refractivity contribution is 5.17. The molecular formula is C18H28N2O.